The fourth-order valence-corrected chi connectivity index (χ4v) is 4.39. The first-order chi connectivity index (χ1) is 15.2. The van der Waals surface area contributed by atoms with E-state index in [9.17, 15) is 8.78 Å². The van der Waals surface area contributed by atoms with Gasteiger partial charge in [0.1, 0.15) is 17.4 Å². The largest absolute Gasteiger partial charge is 0.476 e. The van der Waals surface area contributed by atoms with Gasteiger partial charge in [0.05, 0.1) is 12.2 Å². The Hall–Kier alpha value is -2.73. The van der Waals surface area contributed by atoms with Crippen LogP contribution in [-0.2, 0) is 6.42 Å². The van der Waals surface area contributed by atoms with Gasteiger partial charge in [-0.1, -0.05) is 24.3 Å². The molecule has 1 aliphatic rings. The minimum Gasteiger partial charge on any atom is -0.476 e. The van der Waals surface area contributed by atoms with Crippen LogP contribution in [0.1, 0.15) is 67.0 Å². The molecule has 0 fully saturated rings. The van der Waals surface area contributed by atoms with Gasteiger partial charge in [0.15, 0.2) is 0 Å². The lowest BCUT2D eigenvalue weighted by atomic mass is 9.87. The molecule has 1 heterocycles. The first kappa shape index (κ1) is 21.5. The van der Waals surface area contributed by atoms with Crippen LogP contribution in [0.4, 0.5) is 8.78 Å². The summed E-state index contributed by atoms with van der Waals surface area (Å²) in [6.45, 7) is 3.32. The minimum absolute atomic E-state index is 0.0829. The molecule has 6 heteroatoms. The van der Waals surface area contributed by atoms with E-state index >= 15 is 0 Å². The third-order valence-electron chi connectivity index (χ3n) is 5.90. The number of hydrogen-bond acceptors (Lipinski definition) is 4. The van der Waals surface area contributed by atoms with Crippen LogP contribution in [-0.4, -0.2) is 18.3 Å². The smallest absolute Gasteiger partial charge is 0.259 e. The first-order valence-electron chi connectivity index (χ1n) is 11.0. The third kappa shape index (κ3) is 5.13. The number of halogens is 2. The Labute approximate surface area is 181 Å². The molecule has 4 nitrogen and oxygen atoms in total. The van der Waals surface area contributed by atoms with E-state index < -0.39 is 0 Å². The molecule has 1 aromatic heterocycles. The highest BCUT2D eigenvalue weighted by molar-refractivity contribution is 5.34. The Morgan fingerprint density at radius 3 is 2.32 bits per heavy atom. The molecule has 0 aliphatic heterocycles. The summed E-state index contributed by atoms with van der Waals surface area (Å²) in [6.07, 6.45) is 4.75. The highest BCUT2D eigenvalue weighted by atomic mass is 19.1. The van der Waals surface area contributed by atoms with Crippen LogP contribution in [0.2, 0.25) is 0 Å². The van der Waals surface area contributed by atoms with Crippen molar-refractivity contribution in [2.75, 3.05) is 13.2 Å². The van der Waals surface area contributed by atoms with Gasteiger partial charge in [-0.25, -0.2) is 8.78 Å². The second-order valence-corrected chi connectivity index (χ2v) is 7.95. The molecule has 0 radical (unpaired) electrons. The van der Waals surface area contributed by atoms with Crippen molar-refractivity contribution >= 4 is 0 Å². The van der Waals surface area contributed by atoms with Gasteiger partial charge in [-0.15, -0.1) is 0 Å². The topological polar surface area (TPSA) is 47.3 Å². The summed E-state index contributed by atoms with van der Waals surface area (Å²) in [4.78, 5) is 0. The molecule has 0 spiro atoms. The summed E-state index contributed by atoms with van der Waals surface area (Å²) < 4.78 is 38.0. The molecule has 0 saturated carbocycles. The van der Waals surface area contributed by atoms with E-state index in [1.54, 1.807) is 0 Å². The normalized spacial score (nSPS) is 15.8. The van der Waals surface area contributed by atoms with Crippen molar-refractivity contribution in [3.63, 3.8) is 0 Å². The standard InChI is InChI=1S/C25H28F2N2O2/c1-2-30-25-24-22(6-3-7-23(24)31-29-25)28-16-4-5-21(17-8-12-19(26)13-9-17)18-10-14-20(27)15-11-18/h8-15,21-22,28H,2-7,16H2,1H3. The quantitative estimate of drug-likeness (QED) is 0.431. The highest BCUT2D eigenvalue weighted by Gasteiger charge is 2.29. The minimum atomic E-state index is -0.254. The Balaban J connectivity index is 1.41. The summed E-state index contributed by atoms with van der Waals surface area (Å²) in [6, 6.07) is 13.4. The van der Waals surface area contributed by atoms with E-state index in [0.29, 0.717) is 12.5 Å². The number of hydrogen-bond donors (Lipinski definition) is 1. The van der Waals surface area contributed by atoms with Crippen molar-refractivity contribution in [1.29, 1.82) is 0 Å². The van der Waals surface area contributed by atoms with Crippen molar-refractivity contribution in [1.82, 2.24) is 10.5 Å². The predicted molar refractivity (Wildman–Crippen MR) is 115 cm³/mol. The molecule has 0 saturated heterocycles. The molecule has 1 unspecified atom stereocenters. The van der Waals surface area contributed by atoms with Gasteiger partial charge in [0.25, 0.3) is 5.88 Å². The molecular weight excluding hydrogens is 398 g/mol. The number of rotatable bonds is 9. The fraction of sp³-hybridized carbons (Fsp3) is 0.400. The molecule has 4 rings (SSSR count). The number of ether oxygens (including phenoxy) is 1. The average Bonchev–Trinajstić information content (AvgIpc) is 3.20. The molecule has 2 aromatic carbocycles. The lowest BCUT2D eigenvalue weighted by molar-refractivity contribution is 0.289. The molecule has 3 aromatic rings. The van der Waals surface area contributed by atoms with Crippen LogP contribution in [0.3, 0.4) is 0 Å². The predicted octanol–water partition coefficient (Wildman–Crippen LogP) is 5.93. The Bertz CT molecular complexity index is 925. The van der Waals surface area contributed by atoms with Gasteiger partial charge < -0.3 is 14.6 Å². The van der Waals surface area contributed by atoms with E-state index in [-0.39, 0.29) is 23.6 Å². The van der Waals surface area contributed by atoms with Crippen LogP contribution < -0.4 is 10.1 Å². The van der Waals surface area contributed by atoms with Gasteiger partial charge in [-0.3, -0.25) is 0 Å². The van der Waals surface area contributed by atoms with Crippen LogP contribution in [0.25, 0.3) is 0 Å². The maximum Gasteiger partial charge on any atom is 0.259 e. The van der Waals surface area contributed by atoms with E-state index in [1.165, 1.54) is 24.3 Å². The van der Waals surface area contributed by atoms with Crippen molar-refractivity contribution in [2.45, 2.75) is 51.0 Å². The van der Waals surface area contributed by atoms with Crippen LogP contribution in [0.15, 0.2) is 53.1 Å². The van der Waals surface area contributed by atoms with Crippen LogP contribution in [0, 0.1) is 11.6 Å². The summed E-state index contributed by atoms with van der Waals surface area (Å²) in [5.74, 6) is 1.10. The maximum atomic E-state index is 13.4. The molecule has 31 heavy (non-hydrogen) atoms. The number of fused-ring (bicyclic) bond motifs is 1. The summed E-state index contributed by atoms with van der Waals surface area (Å²) in [5, 5.41) is 7.73. The zero-order chi connectivity index (χ0) is 21.6. The number of aryl methyl sites for hydroxylation is 1. The second-order valence-electron chi connectivity index (χ2n) is 7.95. The van der Waals surface area contributed by atoms with Gasteiger partial charge in [-0.2, -0.15) is 0 Å². The third-order valence-corrected chi connectivity index (χ3v) is 5.90. The molecule has 1 aliphatic carbocycles. The first-order valence-corrected chi connectivity index (χ1v) is 11.0. The van der Waals surface area contributed by atoms with Crippen molar-refractivity contribution in [2.24, 2.45) is 0 Å². The average molecular weight is 427 g/mol. The molecule has 0 bridgehead atoms. The van der Waals surface area contributed by atoms with Gasteiger partial charge >= 0.3 is 0 Å². The monoisotopic (exact) mass is 426 g/mol. The van der Waals surface area contributed by atoms with E-state index in [2.05, 4.69) is 10.5 Å². The molecule has 164 valence electrons. The maximum absolute atomic E-state index is 13.4. The van der Waals surface area contributed by atoms with E-state index in [1.807, 2.05) is 31.2 Å². The zero-order valence-corrected chi connectivity index (χ0v) is 17.7. The van der Waals surface area contributed by atoms with Crippen LogP contribution >= 0.6 is 0 Å². The van der Waals surface area contributed by atoms with Crippen molar-refractivity contribution < 1.29 is 18.0 Å². The number of aromatic nitrogens is 1. The lowest BCUT2D eigenvalue weighted by Crippen LogP contribution is -2.26. The summed E-state index contributed by atoms with van der Waals surface area (Å²) in [5.41, 5.74) is 3.12. The number of benzene rings is 2. The van der Waals surface area contributed by atoms with Gasteiger partial charge in [0.2, 0.25) is 0 Å². The molecule has 0 amide bonds. The SMILES string of the molecule is CCOc1noc2c1C(NCCCC(c1ccc(F)cc1)c1ccc(F)cc1)CCC2. The van der Waals surface area contributed by atoms with E-state index in [0.717, 1.165) is 61.1 Å². The van der Waals surface area contributed by atoms with Crippen LogP contribution in [0.5, 0.6) is 5.88 Å². The van der Waals surface area contributed by atoms with Crippen molar-refractivity contribution in [3.8, 4) is 5.88 Å². The van der Waals surface area contributed by atoms with Gasteiger partial charge in [-0.05, 0) is 79.7 Å². The molecular formula is C25H28F2N2O2. The lowest BCUT2D eigenvalue weighted by Gasteiger charge is -2.24. The Kier molecular flexibility index (Phi) is 6.97. The molecule has 1 atom stereocenters. The molecule has 1 N–H and O–H groups in total. The number of nitrogens with zero attached hydrogens (tertiary/aromatic N) is 1. The van der Waals surface area contributed by atoms with E-state index in [4.69, 9.17) is 9.26 Å². The fourth-order valence-electron chi connectivity index (χ4n) is 4.39. The van der Waals surface area contributed by atoms with Gasteiger partial charge in [0, 0.05) is 18.4 Å². The second kappa shape index (κ2) is 10.1. The highest BCUT2D eigenvalue weighted by Crippen LogP contribution is 2.36. The number of nitrogens with one attached hydrogen (secondary N) is 1. The Morgan fingerprint density at radius 2 is 1.71 bits per heavy atom. The Morgan fingerprint density at radius 1 is 1.06 bits per heavy atom. The summed E-state index contributed by atoms with van der Waals surface area (Å²) in [7, 11) is 0. The zero-order valence-electron chi connectivity index (χ0n) is 17.7. The van der Waals surface area contributed by atoms with Crippen molar-refractivity contribution in [3.05, 3.63) is 82.6 Å². The summed E-state index contributed by atoms with van der Waals surface area (Å²) >= 11 is 0.